The van der Waals surface area contributed by atoms with Gasteiger partial charge in [0.2, 0.25) is 5.78 Å². The number of methoxy groups -OCH3 is 1. The molecule has 0 N–H and O–H groups in total. The maximum absolute atomic E-state index is 13.7. The molecule has 1 aromatic rings. The molecule has 0 bridgehead atoms. The van der Waals surface area contributed by atoms with Gasteiger partial charge < -0.3 is 18.6 Å². The normalized spacial score (nSPS) is 37.9. The first kappa shape index (κ1) is 23.2. The minimum atomic E-state index is -1.13. The number of cyclic esters (lactones) is 1. The molecule has 7 atom stereocenters. The lowest BCUT2D eigenvalue weighted by Crippen LogP contribution is -2.65. The van der Waals surface area contributed by atoms with Crippen LogP contribution in [0.25, 0.3) is 0 Å². The summed E-state index contributed by atoms with van der Waals surface area (Å²) in [5.41, 5.74) is -1.82. The van der Waals surface area contributed by atoms with Crippen molar-refractivity contribution < 1.29 is 42.6 Å². The van der Waals surface area contributed by atoms with Crippen LogP contribution in [0.5, 0.6) is 0 Å². The Labute approximate surface area is 191 Å². The molecule has 4 rings (SSSR count). The first-order valence-corrected chi connectivity index (χ1v) is 11.1. The molecule has 33 heavy (non-hydrogen) atoms. The molecule has 1 aliphatic heterocycles. The Kier molecular flexibility index (Phi) is 5.70. The maximum Gasteiger partial charge on any atom is 0.310 e. The van der Waals surface area contributed by atoms with Gasteiger partial charge in [0, 0.05) is 19.3 Å². The van der Waals surface area contributed by atoms with E-state index in [2.05, 4.69) is 0 Å². The van der Waals surface area contributed by atoms with Gasteiger partial charge in [0.25, 0.3) is 0 Å². The van der Waals surface area contributed by atoms with Crippen LogP contribution in [0.3, 0.4) is 0 Å². The van der Waals surface area contributed by atoms with E-state index in [1.807, 2.05) is 6.92 Å². The molecule has 0 spiro atoms. The van der Waals surface area contributed by atoms with E-state index in [9.17, 15) is 24.0 Å². The maximum atomic E-state index is 13.7. The van der Waals surface area contributed by atoms with Crippen molar-refractivity contribution in [2.75, 3.05) is 7.11 Å². The Morgan fingerprint density at radius 1 is 1.15 bits per heavy atom. The zero-order chi connectivity index (χ0) is 24.1. The number of rotatable bonds is 4. The van der Waals surface area contributed by atoms with Crippen LogP contribution in [-0.2, 0) is 33.4 Å². The van der Waals surface area contributed by atoms with E-state index in [1.54, 1.807) is 13.0 Å². The van der Waals surface area contributed by atoms with Gasteiger partial charge >= 0.3 is 17.9 Å². The van der Waals surface area contributed by atoms with Crippen molar-refractivity contribution in [3.05, 3.63) is 24.2 Å². The summed E-state index contributed by atoms with van der Waals surface area (Å²) in [4.78, 5) is 64.3. The first-order chi connectivity index (χ1) is 15.5. The molecule has 2 heterocycles. The molecule has 0 radical (unpaired) electrons. The number of hydrogen-bond donors (Lipinski definition) is 0. The van der Waals surface area contributed by atoms with Crippen molar-refractivity contribution in [3.63, 3.8) is 0 Å². The van der Waals surface area contributed by atoms with Crippen LogP contribution >= 0.6 is 0 Å². The smallest absolute Gasteiger partial charge is 0.310 e. The van der Waals surface area contributed by atoms with E-state index >= 15 is 0 Å². The second-order valence-corrected chi connectivity index (χ2v) is 9.82. The summed E-state index contributed by atoms with van der Waals surface area (Å²) in [6.45, 7) is 4.85. The molecule has 0 amide bonds. The average molecular weight is 460 g/mol. The predicted molar refractivity (Wildman–Crippen MR) is 111 cm³/mol. The molecular formula is C24H28O9. The van der Waals surface area contributed by atoms with E-state index in [0.717, 1.165) is 0 Å². The van der Waals surface area contributed by atoms with Crippen molar-refractivity contribution in [2.45, 2.75) is 58.7 Å². The Morgan fingerprint density at radius 2 is 1.88 bits per heavy atom. The monoisotopic (exact) mass is 460 g/mol. The van der Waals surface area contributed by atoms with Crippen LogP contribution in [0.2, 0.25) is 0 Å². The van der Waals surface area contributed by atoms with Gasteiger partial charge in [-0.1, -0.05) is 13.8 Å². The summed E-state index contributed by atoms with van der Waals surface area (Å²) in [5, 5.41) is 0. The Balaban J connectivity index is 1.77. The number of furan rings is 1. The fourth-order valence-corrected chi connectivity index (χ4v) is 6.54. The van der Waals surface area contributed by atoms with E-state index in [0.29, 0.717) is 12.8 Å². The van der Waals surface area contributed by atoms with E-state index in [-0.39, 0.29) is 24.4 Å². The van der Waals surface area contributed by atoms with Crippen molar-refractivity contribution in [1.29, 1.82) is 0 Å². The highest BCUT2D eigenvalue weighted by molar-refractivity contribution is 5.99. The molecule has 178 valence electrons. The number of hydrogen-bond acceptors (Lipinski definition) is 9. The van der Waals surface area contributed by atoms with Crippen LogP contribution in [-0.4, -0.2) is 48.8 Å². The van der Waals surface area contributed by atoms with Crippen molar-refractivity contribution in [3.8, 4) is 0 Å². The summed E-state index contributed by atoms with van der Waals surface area (Å²) in [5.74, 6) is -4.57. The summed E-state index contributed by atoms with van der Waals surface area (Å²) >= 11 is 0. The van der Waals surface area contributed by atoms with Crippen LogP contribution in [0, 0.1) is 28.6 Å². The lowest BCUT2D eigenvalue weighted by molar-refractivity contribution is -0.206. The van der Waals surface area contributed by atoms with Gasteiger partial charge in [-0.2, -0.15) is 0 Å². The second-order valence-electron chi connectivity index (χ2n) is 9.82. The lowest BCUT2D eigenvalue weighted by Gasteiger charge is -2.60. The summed E-state index contributed by atoms with van der Waals surface area (Å²) in [6.07, 6.45) is 0.0527. The van der Waals surface area contributed by atoms with Gasteiger partial charge in [-0.25, -0.2) is 0 Å². The van der Waals surface area contributed by atoms with Crippen molar-refractivity contribution >= 4 is 29.5 Å². The van der Waals surface area contributed by atoms with Gasteiger partial charge in [0.15, 0.2) is 23.8 Å². The van der Waals surface area contributed by atoms with Crippen LogP contribution in [0.4, 0.5) is 0 Å². The number of carbonyl (C=O) groups is 5. The highest BCUT2D eigenvalue weighted by atomic mass is 16.6. The Hall–Kier alpha value is -2.97. The third-order valence-electron chi connectivity index (χ3n) is 7.95. The van der Waals surface area contributed by atoms with Gasteiger partial charge in [-0.05, 0) is 42.2 Å². The van der Waals surface area contributed by atoms with Crippen LogP contribution in [0.15, 0.2) is 22.8 Å². The van der Waals surface area contributed by atoms with E-state index in [1.165, 1.54) is 26.4 Å². The summed E-state index contributed by atoms with van der Waals surface area (Å²) in [6, 6.07) is 3.06. The molecule has 1 aromatic heterocycles. The molecule has 2 aliphatic carbocycles. The number of carbonyl (C=O) groups excluding carboxylic acids is 5. The topological polar surface area (TPSA) is 126 Å². The largest absolute Gasteiger partial charge is 0.469 e. The molecular weight excluding hydrogens is 432 g/mol. The number of esters is 3. The fourth-order valence-electron chi connectivity index (χ4n) is 6.54. The standard InChI is InChI=1S/C24H28O9/c1-12(25)32-16-10-14(21(28)30-4)23(2)8-7-13-22(29)33-17(18(26)15-6-5-9-31-15)11-24(13,3)20(23)19(16)27/h5-6,9,13-14,16-17,20H,7-8,10-11H2,1-4H3/t13-,14-,16-,17+,20-,23-,24-/m0/s1. The molecule has 1 saturated heterocycles. The zero-order valence-electron chi connectivity index (χ0n) is 19.1. The van der Waals surface area contributed by atoms with Crippen molar-refractivity contribution in [1.82, 2.24) is 0 Å². The minimum absolute atomic E-state index is 0.0258. The number of ether oxygens (including phenoxy) is 3. The van der Waals surface area contributed by atoms with Gasteiger partial charge in [0.1, 0.15) is 0 Å². The highest BCUT2D eigenvalue weighted by Gasteiger charge is 2.68. The van der Waals surface area contributed by atoms with E-state index < -0.39 is 64.5 Å². The Morgan fingerprint density at radius 3 is 2.48 bits per heavy atom. The van der Waals surface area contributed by atoms with Gasteiger partial charge in [0.05, 0.1) is 25.2 Å². The van der Waals surface area contributed by atoms with Crippen molar-refractivity contribution in [2.24, 2.45) is 28.6 Å². The molecule has 9 heteroatoms. The summed E-state index contributed by atoms with van der Waals surface area (Å²) in [7, 11) is 1.28. The molecule has 9 nitrogen and oxygen atoms in total. The third-order valence-corrected chi connectivity index (χ3v) is 7.95. The highest BCUT2D eigenvalue weighted by Crippen LogP contribution is 2.64. The predicted octanol–water partition coefficient (Wildman–Crippen LogP) is 2.51. The van der Waals surface area contributed by atoms with Gasteiger partial charge in [-0.3, -0.25) is 24.0 Å². The quantitative estimate of drug-likeness (QED) is 0.378. The zero-order valence-corrected chi connectivity index (χ0v) is 19.1. The molecule has 3 aliphatic rings. The average Bonchev–Trinajstić information content (AvgIpc) is 3.28. The third kappa shape index (κ3) is 3.57. The number of fused-ring (bicyclic) bond motifs is 3. The molecule has 0 unspecified atom stereocenters. The Bertz CT molecular complexity index is 996. The first-order valence-electron chi connectivity index (χ1n) is 11.1. The lowest BCUT2D eigenvalue weighted by atomic mass is 9.43. The fraction of sp³-hybridized carbons (Fsp3) is 0.625. The SMILES string of the molecule is COC(=O)[C@@H]1C[C@H](OC(C)=O)C(=O)[C@H]2[C@@]1(C)CC[C@H]1C(=O)O[C@@H](C(=O)c3ccco3)C[C@]21C. The molecule has 2 saturated carbocycles. The summed E-state index contributed by atoms with van der Waals surface area (Å²) < 4.78 is 21.1. The van der Waals surface area contributed by atoms with Crippen LogP contribution in [0.1, 0.15) is 57.0 Å². The minimum Gasteiger partial charge on any atom is -0.469 e. The van der Waals surface area contributed by atoms with E-state index in [4.69, 9.17) is 18.6 Å². The molecule has 3 fully saturated rings. The van der Waals surface area contributed by atoms with Crippen LogP contribution < -0.4 is 0 Å². The molecule has 0 aromatic carbocycles. The number of Topliss-reactive ketones (excluding diaryl/α,β-unsaturated/α-hetero) is 2. The number of ketones is 2. The second kappa shape index (κ2) is 8.11. The van der Waals surface area contributed by atoms with Gasteiger partial charge in [-0.15, -0.1) is 0 Å².